The molecule has 2 aliphatic rings. The van der Waals surface area contributed by atoms with Crippen LogP contribution in [0.1, 0.15) is 44.3 Å². The molecule has 21 heavy (non-hydrogen) atoms. The van der Waals surface area contributed by atoms with Gasteiger partial charge in [-0.05, 0) is 25.1 Å². The summed E-state index contributed by atoms with van der Waals surface area (Å²) in [6.45, 7) is 4.82. The maximum absolute atomic E-state index is 6.34. The van der Waals surface area contributed by atoms with Crippen LogP contribution in [0.15, 0.2) is 18.2 Å². The summed E-state index contributed by atoms with van der Waals surface area (Å²) in [7, 11) is 1.78. The maximum atomic E-state index is 6.34. The lowest BCUT2D eigenvalue weighted by molar-refractivity contribution is -0.0219. The minimum atomic E-state index is -0.115. The molecule has 0 amide bonds. The normalized spacial score (nSPS) is 27.4. The van der Waals surface area contributed by atoms with E-state index in [0.717, 1.165) is 62.4 Å². The van der Waals surface area contributed by atoms with Crippen LogP contribution in [0, 0.1) is 0 Å². The lowest BCUT2D eigenvalue weighted by Crippen LogP contribution is -2.43. The van der Waals surface area contributed by atoms with Crippen molar-refractivity contribution >= 4 is 0 Å². The summed E-state index contributed by atoms with van der Waals surface area (Å²) in [6.07, 6.45) is 4.17. The topological polar surface area (TPSA) is 39.7 Å². The predicted molar refractivity (Wildman–Crippen MR) is 82.1 cm³/mol. The average Bonchev–Trinajstić information content (AvgIpc) is 2.94. The summed E-state index contributed by atoms with van der Waals surface area (Å²) in [4.78, 5) is 0. The van der Waals surface area contributed by atoms with E-state index in [2.05, 4.69) is 12.2 Å². The summed E-state index contributed by atoms with van der Waals surface area (Å²) in [5.74, 6) is 1.83. The molecule has 0 bridgehead atoms. The van der Waals surface area contributed by atoms with Crippen molar-refractivity contribution in [3.8, 4) is 11.5 Å². The number of ether oxygens (including phenoxy) is 3. The first kappa shape index (κ1) is 14.7. The smallest absolute Gasteiger partial charge is 0.129 e. The van der Waals surface area contributed by atoms with Gasteiger partial charge in [-0.3, -0.25) is 0 Å². The van der Waals surface area contributed by atoms with E-state index in [4.69, 9.17) is 14.2 Å². The molecule has 2 atom stereocenters. The van der Waals surface area contributed by atoms with Gasteiger partial charge in [0.2, 0.25) is 0 Å². The monoisotopic (exact) mass is 291 g/mol. The molecule has 2 heterocycles. The van der Waals surface area contributed by atoms with Crippen LogP contribution < -0.4 is 14.8 Å². The Labute approximate surface area is 126 Å². The van der Waals surface area contributed by atoms with Gasteiger partial charge in [0.25, 0.3) is 0 Å². The maximum Gasteiger partial charge on any atom is 0.129 e. The fraction of sp³-hybridized carbons (Fsp3) is 0.647. The summed E-state index contributed by atoms with van der Waals surface area (Å²) in [6, 6.07) is 6.07. The van der Waals surface area contributed by atoms with Crippen molar-refractivity contribution in [3.63, 3.8) is 0 Å². The van der Waals surface area contributed by atoms with Crippen molar-refractivity contribution < 1.29 is 14.2 Å². The number of nitrogens with one attached hydrogen (secondary N) is 1. The minimum Gasteiger partial charge on any atom is -0.493 e. The van der Waals surface area contributed by atoms with E-state index in [-0.39, 0.29) is 11.7 Å². The lowest BCUT2D eigenvalue weighted by Gasteiger charge is -2.39. The Hall–Kier alpha value is -1.26. The van der Waals surface area contributed by atoms with E-state index in [1.807, 2.05) is 18.2 Å². The zero-order chi connectivity index (χ0) is 14.7. The molecule has 116 valence electrons. The van der Waals surface area contributed by atoms with Crippen molar-refractivity contribution in [2.45, 2.75) is 44.3 Å². The molecule has 0 aromatic heterocycles. The third-order valence-electron chi connectivity index (χ3n) is 4.48. The van der Waals surface area contributed by atoms with Crippen LogP contribution in [-0.4, -0.2) is 32.4 Å². The van der Waals surface area contributed by atoms with E-state index >= 15 is 0 Å². The molecule has 1 aromatic carbocycles. The third kappa shape index (κ3) is 2.87. The number of hydrogen-bond acceptors (Lipinski definition) is 4. The Morgan fingerprint density at radius 3 is 3.05 bits per heavy atom. The van der Waals surface area contributed by atoms with Crippen LogP contribution in [0.25, 0.3) is 0 Å². The molecule has 3 rings (SSSR count). The van der Waals surface area contributed by atoms with Gasteiger partial charge in [-0.1, -0.05) is 19.4 Å². The van der Waals surface area contributed by atoms with Crippen molar-refractivity contribution in [1.29, 1.82) is 0 Å². The zero-order valence-corrected chi connectivity index (χ0v) is 13.0. The number of hydrogen-bond donors (Lipinski definition) is 1. The van der Waals surface area contributed by atoms with Crippen LogP contribution >= 0.6 is 0 Å². The van der Waals surface area contributed by atoms with Crippen LogP contribution in [0.3, 0.4) is 0 Å². The Kier molecular flexibility index (Phi) is 4.36. The van der Waals surface area contributed by atoms with Crippen molar-refractivity contribution in [3.05, 3.63) is 23.8 Å². The van der Waals surface area contributed by atoms with Crippen LogP contribution in [0.4, 0.5) is 0 Å². The molecule has 2 unspecified atom stereocenters. The molecule has 0 aliphatic carbocycles. The standard InChI is InChI=1S/C17H25NO3/c1-3-4-10-20-13-6-5-7-14-16(13)15(19-2)11-17(21-14)8-9-18-12-17/h5-7,15,18H,3-4,8-12H2,1-2H3. The van der Waals surface area contributed by atoms with Gasteiger partial charge in [-0.2, -0.15) is 0 Å². The number of benzene rings is 1. The first-order valence-electron chi connectivity index (χ1n) is 7.96. The number of rotatable bonds is 5. The molecule has 4 heteroatoms. The number of unbranched alkanes of at least 4 members (excludes halogenated alkanes) is 1. The summed E-state index contributed by atoms with van der Waals surface area (Å²) >= 11 is 0. The van der Waals surface area contributed by atoms with Crippen molar-refractivity contribution in [1.82, 2.24) is 5.32 Å². The highest BCUT2D eigenvalue weighted by Gasteiger charge is 2.44. The highest BCUT2D eigenvalue weighted by molar-refractivity contribution is 5.48. The van der Waals surface area contributed by atoms with E-state index in [9.17, 15) is 0 Å². The highest BCUT2D eigenvalue weighted by Crippen LogP contribution is 2.47. The summed E-state index contributed by atoms with van der Waals surface area (Å²) in [5.41, 5.74) is 0.962. The third-order valence-corrected chi connectivity index (χ3v) is 4.48. The second-order valence-corrected chi connectivity index (χ2v) is 6.01. The van der Waals surface area contributed by atoms with E-state index in [0.29, 0.717) is 0 Å². The molecule has 1 N–H and O–H groups in total. The number of methoxy groups -OCH3 is 1. The largest absolute Gasteiger partial charge is 0.493 e. The van der Waals surface area contributed by atoms with Crippen LogP contribution in [-0.2, 0) is 4.74 Å². The Balaban J connectivity index is 1.88. The number of fused-ring (bicyclic) bond motifs is 1. The fourth-order valence-corrected chi connectivity index (χ4v) is 3.28. The molecule has 0 radical (unpaired) electrons. The predicted octanol–water partition coefficient (Wildman–Crippen LogP) is 3.07. The molecule has 1 saturated heterocycles. The van der Waals surface area contributed by atoms with Crippen molar-refractivity contribution in [2.75, 3.05) is 26.8 Å². The van der Waals surface area contributed by atoms with E-state index < -0.39 is 0 Å². The Bertz CT molecular complexity index is 483. The second-order valence-electron chi connectivity index (χ2n) is 6.01. The SMILES string of the molecule is CCCCOc1cccc2c1C(OC)CC1(CCNC1)O2. The molecular weight excluding hydrogens is 266 g/mol. The van der Waals surface area contributed by atoms with Gasteiger partial charge >= 0.3 is 0 Å². The summed E-state index contributed by atoms with van der Waals surface area (Å²) in [5, 5.41) is 3.40. The molecule has 1 spiro atoms. The van der Waals surface area contributed by atoms with Crippen LogP contribution in [0.5, 0.6) is 11.5 Å². The van der Waals surface area contributed by atoms with Gasteiger partial charge in [-0.15, -0.1) is 0 Å². The van der Waals surface area contributed by atoms with Gasteiger partial charge in [0.05, 0.1) is 18.3 Å². The van der Waals surface area contributed by atoms with Gasteiger partial charge in [0, 0.05) is 26.5 Å². The van der Waals surface area contributed by atoms with Gasteiger partial charge < -0.3 is 19.5 Å². The molecular formula is C17H25NO3. The Morgan fingerprint density at radius 2 is 2.33 bits per heavy atom. The highest BCUT2D eigenvalue weighted by atomic mass is 16.5. The molecule has 0 saturated carbocycles. The summed E-state index contributed by atoms with van der Waals surface area (Å²) < 4.78 is 18.1. The fourth-order valence-electron chi connectivity index (χ4n) is 3.28. The van der Waals surface area contributed by atoms with Crippen LogP contribution in [0.2, 0.25) is 0 Å². The lowest BCUT2D eigenvalue weighted by atomic mass is 9.87. The molecule has 2 aliphatic heterocycles. The molecule has 4 nitrogen and oxygen atoms in total. The van der Waals surface area contributed by atoms with Gasteiger partial charge in [0.15, 0.2) is 0 Å². The second kappa shape index (κ2) is 6.24. The van der Waals surface area contributed by atoms with E-state index in [1.54, 1.807) is 7.11 Å². The Morgan fingerprint density at radius 1 is 1.43 bits per heavy atom. The average molecular weight is 291 g/mol. The van der Waals surface area contributed by atoms with Gasteiger partial charge in [0.1, 0.15) is 17.1 Å². The molecule has 1 fully saturated rings. The molecule has 1 aromatic rings. The van der Waals surface area contributed by atoms with E-state index in [1.165, 1.54) is 0 Å². The first-order valence-corrected chi connectivity index (χ1v) is 7.96. The quantitative estimate of drug-likeness (QED) is 0.846. The van der Waals surface area contributed by atoms with Gasteiger partial charge in [-0.25, -0.2) is 0 Å². The minimum absolute atomic E-state index is 0.0477. The first-order chi connectivity index (χ1) is 10.3. The van der Waals surface area contributed by atoms with Crippen molar-refractivity contribution in [2.24, 2.45) is 0 Å². The zero-order valence-electron chi connectivity index (χ0n) is 13.0.